The van der Waals surface area contributed by atoms with Crippen LogP contribution in [0, 0.1) is 17.7 Å². The Balaban J connectivity index is 1.23. The normalized spacial score (nSPS) is 20.7. The molecule has 7 heteroatoms. The molecule has 3 heterocycles. The van der Waals surface area contributed by atoms with Crippen LogP contribution in [0.2, 0.25) is 5.02 Å². The summed E-state index contributed by atoms with van der Waals surface area (Å²) in [6, 6.07) is 12.8. The molecule has 178 valence electrons. The summed E-state index contributed by atoms with van der Waals surface area (Å²) in [6.45, 7) is 9.63. The van der Waals surface area contributed by atoms with Gasteiger partial charge in [0, 0.05) is 49.9 Å². The number of rotatable bonds is 3. The quantitative estimate of drug-likeness (QED) is 0.460. The van der Waals surface area contributed by atoms with Crippen LogP contribution in [0.5, 0.6) is 0 Å². The second-order valence-electron chi connectivity index (χ2n) is 10.4. The average Bonchev–Trinajstić information content (AvgIpc) is 3.32. The summed E-state index contributed by atoms with van der Waals surface area (Å²) in [5.74, 6) is 0.632. The van der Waals surface area contributed by atoms with Crippen LogP contribution in [0.4, 0.5) is 9.18 Å². The molecule has 1 amide bonds. The Morgan fingerprint density at radius 1 is 1.09 bits per heavy atom. The molecule has 0 aliphatic carbocycles. The Morgan fingerprint density at radius 3 is 2.50 bits per heavy atom. The van der Waals surface area contributed by atoms with Gasteiger partial charge in [-0.25, -0.2) is 9.18 Å². The van der Waals surface area contributed by atoms with Crippen molar-refractivity contribution in [2.75, 3.05) is 26.2 Å². The molecule has 2 aliphatic heterocycles. The van der Waals surface area contributed by atoms with Crippen LogP contribution in [0.25, 0.3) is 22.0 Å². The van der Waals surface area contributed by atoms with Gasteiger partial charge in [0.05, 0.1) is 10.5 Å². The number of fused-ring (bicyclic) bond motifs is 2. The zero-order valence-corrected chi connectivity index (χ0v) is 20.5. The number of carbonyl (C=O) groups excluding carboxylic acids is 1. The van der Waals surface area contributed by atoms with Crippen LogP contribution in [-0.4, -0.2) is 52.7 Å². The fraction of sp³-hybridized carbons (Fsp3) is 0.407. The maximum Gasteiger partial charge on any atom is 0.410 e. The topological polar surface area (TPSA) is 45.7 Å². The van der Waals surface area contributed by atoms with Gasteiger partial charge in [0.2, 0.25) is 0 Å². The highest BCUT2D eigenvalue weighted by Crippen LogP contribution is 2.34. The molecular weight excluding hydrogens is 453 g/mol. The monoisotopic (exact) mass is 481 g/mol. The fourth-order valence-electron chi connectivity index (χ4n) is 5.12. The van der Waals surface area contributed by atoms with Gasteiger partial charge in [-0.3, -0.25) is 9.88 Å². The van der Waals surface area contributed by atoms with Crippen molar-refractivity contribution in [1.82, 2.24) is 14.8 Å². The summed E-state index contributed by atoms with van der Waals surface area (Å²) in [7, 11) is 0. The Labute approximate surface area is 204 Å². The predicted molar refractivity (Wildman–Crippen MR) is 132 cm³/mol. The van der Waals surface area contributed by atoms with Gasteiger partial charge >= 0.3 is 6.09 Å². The van der Waals surface area contributed by atoms with Crippen LogP contribution < -0.4 is 0 Å². The number of ether oxygens (including phenoxy) is 1. The van der Waals surface area contributed by atoms with E-state index in [0.717, 1.165) is 48.2 Å². The number of pyridine rings is 1. The minimum atomic E-state index is -0.479. The summed E-state index contributed by atoms with van der Waals surface area (Å²) in [6.07, 6.45) is 1.44. The molecule has 2 unspecified atom stereocenters. The lowest BCUT2D eigenvalue weighted by atomic mass is 10.0. The third-order valence-corrected chi connectivity index (χ3v) is 6.98. The lowest BCUT2D eigenvalue weighted by Gasteiger charge is -2.26. The van der Waals surface area contributed by atoms with Crippen molar-refractivity contribution < 1.29 is 13.9 Å². The zero-order valence-electron chi connectivity index (χ0n) is 19.7. The first-order chi connectivity index (χ1) is 16.2. The number of benzene rings is 2. The molecule has 0 bridgehead atoms. The molecule has 1 aromatic heterocycles. The number of hydrogen-bond donors (Lipinski definition) is 0. The van der Waals surface area contributed by atoms with E-state index in [1.807, 2.05) is 56.0 Å². The highest BCUT2D eigenvalue weighted by Gasteiger charge is 2.42. The fourth-order valence-corrected chi connectivity index (χ4v) is 5.33. The molecule has 2 aromatic carbocycles. The minimum absolute atomic E-state index is 0.225. The number of amides is 1. The van der Waals surface area contributed by atoms with E-state index in [9.17, 15) is 4.79 Å². The van der Waals surface area contributed by atoms with Gasteiger partial charge in [0.1, 0.15) is 11.4 Å². The van der Waals surface area contributed by atoms with Gasteiger partial charge in [-0.05, 0) is 68.0 Å². The molecule has 0 radical (unpaired) electrons. The first kappa shape index (κ1) is 23.1. The molecule has 0 spiro atoms. The summed E-state index contributed by atoms with van der Waals surface area (Å²) in [4.78, 5) is 20.9. The SMILES string of the molecule is CC(C)(C)OC(=O)N1CC2CN(Cc3ccc(-c4ccc5nccc(Cl)c5c4)c(F)c3)CC2C1. The first-order valence-electron chi connectivity index (χ1n) is 11.7. The largest absolute Gasteiger partial charge is 0.444 e. The lowest BCUT2D eigenvalue weighted by Crippen LogP contribution is -2.37. The molecule has 3 aromatic rings. The van der Waals surface area contributed by atoms with E-state index >= 15 is 4.39 Å². The van der Waals surface area contributed by atoms with Crippen molar-refractivity contribution in [1.29, 1.82) is 0 Å². The van der Waals surface area contributed by atoms with Crippen LogP contribution >= 0.6 is 11.6 Å². The molecule has 2 fully saturated rings. The maximum absolute atomic E-state index is 15.1. The van der Waals surface area contributed by atoms with Crippen molar-refractivity contribution in [3.05, 3.63) is 65.1 Å². The van der Waals surface area contributed by atoms with E-state index in [1.54, 1.807) is 18.3 Å². The number of nitrogens with zero attached hydrogens (tertiary/aromatic N) is 3. The molecular formula is C27H29ClFN3O2. The van der Waals surface area contributed by atoms with Crippen LogP contribution in [0.15, 0.2) is 48.7 Å². The smallest absolute Gasteiger partial charge is 0.410 e. The predicted octanol–water partition coefficient (Wildman–Crippen LogP) is 5.99. The Hall–Kier alpha value is -2.70. The van der Waals surface area contributed by atoms with E-state index in [4.69, 9.17) is 16.3 Å². The molecule has 5 rings (SSSR count). The van der Waals surface area contributed by atoms with Crippen molar-refractivity contribution in [2.45, 2.75) is 32.9 Å². The Kier molecular flexibility index (Phi) is 5.98. The van der Waals surface area contributed by atoms with E-state index < -0.39 is 5.60 Å². The highest BCUT2D eigenvalue weighted by molar-refractivity contribution is 6.35. The average molecular weight is 482 g/mol. The number of carbonyl (C=O) groups is 1. The van der Waals surface area contributed by atoms with Gasteiger partial charge in [0.25, 0.3) is 0 Å². The van der Waals surface area contributed by atoms with Crippen molar-refractivity contribution in [3.63, 3.8) is 0 Å². The van der Waals surface area contributed by atoms with Crippen LogP contribution in [-0.2, 0) is 11.3 Å². The summed E-state index contributed by atoms with van der Waals surface area (Å²) < 4.78 is 20.6. The molecule has 2 aliphatic rings. The van der Waals surface area contributed by atoms with E-state index in [2.05, 4.69) is 9.88 Å². The number of likely N-dealkylation sites (tertiary alicyclic amines) is 2. The Morgan fingerprint density at radius 2 is 1.82 bits per heavy atom. The molecule has 34 heavy (non-hydrogen) atoms. The van der Waals surface area contributed by atoms with Gasteiger partial charge in [-0.2, -0.15) is 0 Å². The lowest BCUT2D eigenvalue weighted by molar-refractivity contribution is 0.0274. The van der Waals surface area contributed by atoms with Crippen LogP contribution in [0.1, 0.15) is 26.3 Å². The minimum Gasteiger partial charge on any atom is -0.444 e. The standard InChI is InChI=1S/C27H29ClFN3O2/c1-27(2,3)34-26(33)32-15-19-13-31(14-20(19)16-32)12-17-4-6-21(24(29)10-17)18-5-7-25-22(11-18)23(28)8-9-30-25/h4-11,19-20H,12-16H2,1-3H3. The molecule has 2 saturated heterocycles. The van der Waals surface area contributed by atoms with Crippen molar-refractivity contribution >= 4 is 28.6 Å². The van der Waals surface area contributed by atoms with Crippen LogP contribution in [0.3, 0.4) is 0 Å². The van der Waals surface area contributed by atoms with E-state index in [-0.39, 0.29) is 11.9 Å². The number of aromatic nitrogens is 1. The highest BCUT2D eigenvalue weighted by atomic mass is 35.5. The second-order valence-corrected chi connectivity index (χ2v) is 10.8. The van der Waals surface area contributed by atoms with Gasteiger partial charge in [0.15, 0.2) is 0 Å². The third kappa shape index (κ3) is 4.75. The Bertz CT molecular complexity index is 1230. The number of halogens is 2. The number of hydrogen-bond acceptors (Lipinski definition) is 4. The molecule has 0 N–H and O–H groups in total. The van der Waals surface area contributed by atoms with Crippen molar-refractivity contribution in [3.8, 4) is 11.1 Å². The van der Waals surface area contributed by atoms with Gasteiger partial charge in [-0.15, -0.1) is 0 Å². The van der Waals surface area contributed by atoms with E-state index in [0.29, 0.717) is 29.0 Å². The maximum atomic E-state index is 15.1. The van der Waals surface area contributed by atoms with Gasteiger partial charge in [-0.1, -0.05) is 29.8 Å². The third-order valence-electron chi connectivity index (χ3n) is 6.65. The van der Waals surface area contributed by atoms with Crippen molar-refractivity contribution in [2.24, 2.45) is 11.8 Å². The molecule has 0 saturated carbocycles. The van der Waals surface area contributed by atoms with Gasteiger partial charge < -0.3 is 9.64 Å². The molecule has 2 atom stereocenters. The summed E-state index contributed by atoms with van der Waals surface area (Å²) in [5.41, 5.74) is 2.60. The zero-order chi connectivity index (χ0) is 24.0. The second kappa shape index (κ2) is 8.82. The summed E-state index contributed by atoms with van der Waals surface area (Å²) in [5, 5.41) is 1.42. The molecule has 5 nitrogen and oxygen atoms in total. The van der Waals surface area contributed by atoms with E-state index in [1.165, 1.54) is 0 Å². The summed E-state index contributed by atoms with van der Waals surface area (Å²) >= 11 is 6.30. The first-order valence-corrected chi connectivity index (χ1v) is 12.1.